The zero-order chi connectivity index (χ0) is 20.1. The highest BCUT2D eigenvalue weighted by atomic mass is 19.1. The smallest absolute Gasteiger partial charge is 0.337 e. The molecule has 2 aromatic carbocycles. The minimum atomic E-state index is -0.568. The van der Waals surface area contributed by atoms with E-state index in [4.69, 9.17) is 4.74 Å². The zero-order valence-corrected chi connectivity index (χ0v) is 15.2. The number of nitrogens with one attached hydrogen (secondary N) is 2. The van der Waals surface area contributed by atoms with Gasteiger partial charge in [-0.15, -0.1) is 0 Å². The van der Waals surface area contributed by atoms with E-state index in [9.17, 15) is 14.0 Å². The number of aromatic nitrogens is 2. The first-order valence-corrected chi connectivity index (χ1v) is 8.33. The van der Waals surface area contributed by atoms with Gasteiger partial charge in [0.25, 0.3) is 5.91 Å². The molecular formula is C20H17FN4O3. The van der Waals surface area contributed by atoms with Gasteiger partial charge in [0.2, 0.25) is 0 Å². The lowest BCUT2D eigenvalue weighted by molar-refractivity contribution is 0.0600. The summed E-state index contributed by atoms with van der Waals surface area (Å²) in [6, 6.07) is 13.9. The highest BCUT2D eigenvalue weighted by Gasteiger charge is 2.13. The number of esters is 1. The molecule has 0 bridgehead atoms. The third-order valence-electron chi connectivity index (χ3n) is 3.75. The number of anilines is 3. The van der Waals surface area contributed by atoms with E-state index in [1.807, 2.05) is 0 Å². The molecule has 0 unspecified atom stereocenters. The highest BCUT2D eigenvalue weighted by molar-refractivity contribution is 6.03. The first kappa shape index (κ1) is 19.0. The summed E-state index contributed by atoms with van der Waals surface area (Å²) >= 11 is 0. The van der Waals surface area contributed by atoms with Gasteiger partial charge in [-0.3, -0.25) is 4.79 Å². The van der Waals surface area contributed by atoms with Gasteiger partial charge < -0.3 is 15.4 Å². The summed E-state index contributed by atoms with van der Waals surface area (Å²) in [5, 5.41) is 5.50. The van der Waals surface area contributed by atoms with Crippen LogP contribution >= 0.6 is 0 Å². The molecular weight excluding hydrogens is 363 g/mol. The van der Waals surface area contributed by atoms with Gasteiger partial charge in [-0.25, -0.2) is 19.2 Å². The SMILES string of the molecule is COC(=O)c1cccc(Nc2cc(C(=O)Nc3ccccc3F)nc(C)n2)c1. The van der Waals surface area contributed by atoms with Crippen LogP contribution in [-0.2, 0) is 4.74 Å². The molecule has 0 radical (unpaired) electrons. The standard InChI is InChI=1S/C20H17FN4O3/c1-12-22-17(19(26)25-16-9-4-3-8-15(16)21)11-18(23-12)24-14-7-5-6-13(10-14)20(27)28-2/h3-11H,1-2H3,(H,25,26)(H,22,23,24). The zero-order valence-electron chi connectivity index (χ0n) is 15.2. The fourth-order valence-corrected chi connectivity index (χ4v) is 2.49. The normalized spacial score (nSPS) is 10.2. The molecule has 1 aromatic heterocycles. The Morgan fingerprint density at radius 2 is 1.82 bits per heavy atom. The minimum absolute atomic E-state index is 0.0593. The van der Waals surface area contributed by atoms with Gasteiger partial charge >= 0.3 is 5.97 Å². The molecule has 0 saturated heterocycles. The van der Waals surface area contributed by atoms with Crippen LogP contribution in [0.2, 0.25) is 0 Å². The third kappa shape index (κ3) is 4.47. The van der Waals surface area contributed by atoms with E-state index in [1.54, 1.807) is 37.3 Å². The minimum Gasteiger partial charge on any atom is -0.465 e. The van der Waals surface area contributed by atoms with Gasteiger partial charge in [0.05, 0.1) is 18.4 Å². The number of methoxy groups -OCH3 is 1. The van der Waals surface area contributed by atoms with Crippen LogP contribution in [0.15, 0.2) is 54.6 Å². The van der Waals surface area contributed by atoms with Crippen molar-refractivity contribution in [2.75, 3.05) is 17.7 Å². The third-order valence-corrected chi connectivity index (χ3v) is 3.75. The van der Waals surface area contributed by atoms with Gasteiger partial charge in [-0.1, -0.05) is 18.2 Å². The van der Waals surface area contributed by atoms with Crippen molar-refractivity contribution < 1.29 is 18.7 Å². The van der Waals surface area contributed by atoms with Crippen LogP contribution in [0.25, 0.3) is 0 Å². The number of rotatable bonds is 5. The van der Waals surface area contributed by atoms with E-state index in [1.165, 1.54) is 31.4 Å². The number of carbonyl (C=O) groups excluding carboxylic acids is 2. The van der Waals surface area contributed by atoms with Crippen molar-refractivity contribution in [3.05, 3.63) is 77.5 Å². The van der Waals surface area contributed by atoms with Crippen molar-refractivity contribution in [2.24, 2.45) is 0 Å². The number of benzene rings is 2. The van der Waals surface area contributed by atoms with Crippen molar-refractivity contribution in [3.8, 4) is 0 Å². The second-order valence-electron chi connectivity index (χ2n) is 5.82. The summed E-state index contributed by atoms with van der Waals surface area (Å²) in [5.74, 6) is -0.866. The Morgan fingerprint density at radius 3 is 2.57 bits per heavy atom. The van der Waals surface area contributed by atoms with Crippen LogP contribution in [0.3, 0.4) is 0 Å². The first-order chi connectivity index (χ1) is 13.5. The van der Waals surface area contributed by atoms with E-state index < -0.39 is 17.7 Å². The maximum absolute atomic E-state index is 13.7. The molecule has 28 heavy (non-hydrogen) atoms. The number of nitrogens with zero attached hydrogens (tertiary/aromatic N) is 2. The lowest BCUT2D eigenvalue weighted by atomic mass is 10.2. The van der Waals surface area contributed by atoms with E-state index >= 15 is 0 Å². The first-order valence-electron chi connectivity index (χ1n) is 8.33. The average molecular weight is 380 g/mol. The van der Waals surface area contributed by atoms with Gasteiger partial charge in [0.1, 0.15) is 23.2 Å². The van der Waals surface area contributed by atoms with E-state index in [-0.39, 0.29) is 11.4 Å². The number of aryl methyl sites for hydroxylation is 1. The maximum Gasteiger partial charge on any atom is 0.337 e. The number of para-hydroxylation sites is 1. The van der Waals surface area contributed by atoms with Crippen molar-refractivity contribution in [2.45, 2.75) is 6.92 Å². The molecule has 8 heteroatoms. The predicted octanol–water partition coefficient (Wildman–Crippen LogP) is 3.71. The summed E-state index contributed by atoms with van der Waals surface area (Å²) in [7, 11) is 1.30. The van der Waals surface area contributed by atoms with Crippen LogP contribution in [-0.4, -0.2) is 29.0 Å². The molecule has 0 atom stereocenters. The lowest BCUT2D eigenvalue weighted by Crippen LogP contribution is -2.16. The molecule has 3 rings (SSSR count). The lowest BCUT2D eigenvalue weighted by Gasteiger charge is -2.10. The van der Waals surface area contributed by atoms with Gasteiger partial charge in [-0.2, -0.15) is 0 Å². The van der Waals surface area contributed by atoms with Crippen molar-refractivity contribution in [3.63, 3.8) is 0 Å². The number of halogens is 1. The van der Waals surface area contributed by atoms with Crippen LogP contribution in [0.5, 0.6) is 0 Å². The number of amides is 1. The van der Waals surface area contributed by atoms with Crippen molar-refractivity contribution in [1.82, 2.24) is 9.97 Å². The number of hydrogen-bond acceptors (Lipinski definition) is 6. The van der Waals surface area contributed by atoms with Gasteiger partial charge in [0, 0.05) is 11.8 Å². The van der Waals surface area contributed by atoms with Gasteiger partial charge in [-0.05, 0) is 37.3 Å². The van der Waals surface area contributed by atoms with Gasteiger partial charge in [0.15, 0.2) is 0 Å². The Kier molecular flexibility index (Phi) is 5.59. The Labute approximate surface area is 160 Å². The summed E-state index contributed by atoms with van der Waals surface area (Å²) in [5.41, 5.74) is 1.09. The maximum atomic E-state index is 13.7. The average Bonchev–Trinajstić information content (AvgIpc) is 2.69. The molecule has 3 aromatic rings. The van der Waals surface area contributed by atoms with Crippen molar-refractivity contribution in [1.29, 1.82) is 0 Å². The van der Waals surface area contributed by atoms with E-state index in [2.05, 4.69) is 20.6 Å². The molecule has 0 spiro atoms. The predicted molar refractivity (Wildman–Crippen MR) is 102 cm³/mol. The van der Waals surface area contributed by atoms with Crippen LogP contribution in [0, 0.1) is 12.7 Å². The van der Waals surface area contributed by atoms with Crippen LogP contribution in [0.4, 0.5) is 21.6 Å². The Morgan fingerprint density at radius 1 is 1.04 bits per heavy atom. The Balaban J connectivity index is 1.83. The molecule has 2 N–H and O–H groups in total. The van der Waals surface area contributed by atoms with E-state index in [0.717, 1.165) is 0 Å². The number of carbonyl (C=O) groups is 2. The second-order valence-corrected chi connectivity index (χ2v) is 5.82. The summed E-state index contributed by atoms with van der Waals surface area (Å²) in [4.78, 5) is 32.4. The fraction of sp³-hybridized carbons (Fsp3) is 0.100. The van der Waals surface area contributed by atoms with Crippen LogP contribution < -0.4 is 10.6 Å². The molecule has 142 valence electrons. The summed E-state index contributed by atoms with van der Waals surface area (Å²) < 4.78 is 18.4. The summed E-state index contributed by atoms with van der Waals surface area (Å²) in [6.45, 7) is 1.63. The monoisotopic (exact) mass is 380 g/mol. The topological polar surface area (TPSA) is 93.2 Å². The quantitative estimate of drug-likeness (QED) is 0.656. The van der Waals surface area contributed by atoms with E-state index in [0.29, 0.717) is 22.9 Å². The Bertz CT molecular complexity index is 1040. The largest absolute Gasteiger partial charge is 0.465 e. The molecule has 0 saturated carbocycles. The van der Waals surface area contributed by atoms with Crippen LogP contribution in [0.1, 0.15) is 26.7 Å². The summed E-state index contributed by atoms with van der Waals surface area (Å²) in [6.07, 6.45) is 0. The molecule has 7 nitrogen and oxygen atoms in total. The molecule has 0 aliphatic rings. The molecule has 1 amide bonds. The number of hydrogen-bond donors (Lipinski definition) is 2. The Hall–Kier alpha value is -3.81. The fourth-order valence-electron chi connectivity index (χ4n) is 2.49. The molecule has 0 fully saturated rings. The highest BCUT2D eigenvalue weighted by Crippen LogP contribution is 2.19. The molecule has 0 aliphatic carbocycles. The second kappa shape index (κ2) is 8.26. The molecule has 0 aliphatic heterocycles. The molecule has 1 heterocycles. The van der Waals surface area contributed by atoms with Crippen molar-refractivity contribution >= 4 is 29.1 Å². The number of ether oxygens (including phenoxy) is 1.